The van der Waals surface area contributed by atoms with E-state index in [4.69, 9.17) is 21.1 Å². The van der Waals surface area contributed by atoms with Crippen LogP contribution in [-0.2, 0) is 16.0 Å². The lowest BCUT2D eigenvalue weighted by Gasteiger charge is -2.16. The molecule has 0 aliphatic carbocycles. The number of ether oxygens (including phenoxy) is 2. The van der Waals surface area contributed by atoms with E-state index in [9.17, 15) is 14.4 Å². The van der Waals surface area contributed by atoms with Gasteiger partial charge in [0.25, 0.3) is 0 Å². The van der Waals surface area contributed by atoms with Gasteiger partial charge in [0, 0.05) is 29.7 Å². The highest BCUT2D eigenvalue weighted by Gasteiger charge is 2.26. The molecule has 0 bridgehead atoms. The first-order chi connectivity index (χ1) is 13.3. The van der Waals surface area contributed by atoms with E-state index in [0.717, 1.165) is 11.3 Å². The molecular weight excluding hydrogens is 382 g/mol. The first-order valence-corrected chi connectivity index (χ1v) is 9.19. The molecule has 1 amide bonds. The topological polar surface area (TPSA) is 72.9 Å². The summed E-state index contributed by atoms with van der Waals surface area (Å²) in [7, 11) is 1.43. The number of nitrogens with zero attached hydrogens (tertiary/aromatic N) is 1. The molecule has 7 heteroatoms. The smallest absolute Gasteiger partial charge is 0.342 e. The molecule has 0 aromatic heterocycles. The minimum Gasteiger partial charge on any atom is -0.496 e. The number of rotatable bonds is 5. The van der Waals surface area contributed by atoms with Gasteiger partial charge in [-0.25, -0.2) is 4.79 Å². The lowest BCUT2D eigenvalue weighted by molar-refractivity contribution is -0.116. The molecule has 1 unspecified atom stereocenters. The van der Waals surface area contributed by atoms with Crippen molar-refractivity contribution in [2.24, 2.45) is 0 Å². The first-order valence-electron chi connectivity index (χ1n) is 8.81. The molecule has 1 atom stereocenters. The highest BCUT2D eigenvalue weighted by atomic mass is 35.5. The van der Waals surface area contributed by atoms with Gasteiger partial charge in [-0.3, -0.25) is 9.59 Å². The van der Waals surface area contributed by atoms with Crippen LogP contribution in [0.5, 0.6) is 5.75 Å². The molecule has 3 rings (SSSR count). The van der Waals surface area contributed by atoms with Crippen molar-refractivity contribution in [2.75, 3.05) is 18.6 Å². The summed E-state index contributed by atoms with van der Waals surface area (Å²) < 4.78 is 10.5. The zero-order valence-corrected chi connectivity index (χ0v) is 16.6. The number of carbonyl (C=O) groups excluding carboxylic acids is 3. The third kappa shape index (κ3) is 3.87. The Bertz CT molecular complexity index is 956. The van der Waals surface area contributed by atoms with Gasteiger partial charge in [0.05, 0.1) is 7.11 Å². The number of methoxy groups -OCH3 is 1. The van der Waals surface area contributed by atoms with Crippen molar-refractivity contribution in [1.29, 1.82) is 0 Å². The van der Waals surface area contributed by atoms with Gasteiger partial charge in [0.15, 0.2) is 6.10 Å². The van der Waals surface area contributed by atoms with Crippen molar-refractivity contribution in [3.05, 3.63) is 58.1 Å². The van der Waals surface area contributed by atoms with Crippen molar-refractivity contribution >= 4 is 34.9 Å². The molecule has 0 radical (unpaired) electrons. The lowest BCUT2D eigenvalue weighted by atomic mass is 10.0. The zero-order valence-electron chi connectivity index (χ0n) is 15.8. The fourth-order valence-corrected chi connectivity index (χ4v) is 3.41. The van der Waals surface area contributed by atoms with E-state index in [1.807, 2.05) is 0 Å². The number of benzene rings is 2. The van der Waals surface area contributed by atoms with Crippen molar-refractivity contribution in [3.63, 3.8) is 0 Å². The summed E-state index contributed by atoms with van der Waals surface area (Å²) in [5.41, 5.74) is 2.33. The van der Waals surface area contributed by atoms with E-state index < -0.39 is 12.1 Å². The van der Waals surface area contributed by atoms with Gasteiger partial charge in [-0.1, -0.05) is 11.6 Å². The highest BCUT2D eigenvalue weighted by Crippen LogP contribution is 2.30. The predicted molar refractivity (Wildman–Crippen MR) is 105 cm³/mol. The molecule has 1 aliphatic rings. The number of fused-ring (bicyclic) bond motifs is 1. The largest absolute Gasteiger partial charge is 0.496 e. The van der Waals surface area contributed by atoms with Crippen LogP contribution in [0.1, 0.15) is 40.1 Å². The van der Waals surface area contributed by atoms with Gasteiger partial charge < -0.3 is 14.4 Å². The number of amides is 1. The van der Waals surface area contributed by atoms with E-state index in [2.05, 4.69) is 0 Å². The Labute approximate surface area is 168 Å². The van der Waals surface area contributed by atoms with Crippen molar-refractivity contribution in [3.8, 4) is 5.75 Å². The second-order valence-electron chi connectivity index (χ2n) is 6.52. The molecule has 0 saturated heterocycles. The molecule has 2 aromatic rings. The van der Waals surface area contributed by atoms with E-state index >= 15 is 0 Å². The number of esters is 1. The maximum Gasteiger partial charge on any atom is 0.342 e. The molecule has 0 spiro atoms. The summed E-state index contributed by atoms with van der Waals surface area (Å²) in [6.45, 7) is 3.63. The minimum atomic E-state index is -0.987. The number of anilines is 1. The van der Waals surface area contributed by atoms with E-state index in [1.54, 1.807) is 35.2 Å². The molecule has 1 aliphatic heterocycles. The maximum atomic E-state index is 12.7. The third-order valence-electron chi connectivity index (χ3n) is 4.67. The zero-order chi connectivity index (χ0) is 20.4. The van der Waals surface area contributed by atoms with Crippen LogP contribution in [0.3, 0.4) is 0 Å². The van der Waals surface area contributed by atoms with E-state index in [1.165, 1.54) is 27.0 Å². The standard InChI is InChI=1S/C21H20ClNO5/c1-12(28-21(26)17-11-16(22)5-7-19(17)27-3)20(25)15-4-6-18-14(10-15)8-9-23(18)13(2)24/h4-7,10-12H,8-9H2,1-3H3. The summed E-state index contributed by atoms with van der Waals surface area (Å²) in [5.74, 6) is -0.728. The fraction of sp³-hybridized carbons (Fsp3) is 0.286. The Balaban J connectivity index is 1.76. The van der Waals surface area contributed by atoms with Crippen LogP contribution in [0.4, 0.5) is 5.69 Å². The quantitative estimate of drug-likeness (QED) is 0.564. The number of hydrogen-bond acceptors (Lipinski definition) is 5. The molecule has 146 valence electrons. The van der Waals surface area contributed by atoms with Gasteiger partial charge in [0.1, 0.15) is 11.3 Å². The SMILES string of the molecule is COc1ccc(Cl)cc1C(=O)OC(C)C(=O)c1ccc2c(c1)CCN2C(C)=O. The van der Waals surface area contributed by atoms with Gasteiger partial charge >= 0.3 is 5.97 Å². The normalized spacial score (nSPS) is 13.6. The number of halogens is 1. The first kappa shape index (κ1) is 19.9. The van der Waals surface area contributed by atoms with Crippen LogP contribution in [0.2, 0.25) is 5.02 Å². The maximum absolute atomic E-state index is 12.7. The fourth-order valence-electron chi connectivity index (χ4n) is 3.23. The van der Waals surface area contributed by atoms with Gasteiger partial charge in [0.2, 0.25) is 11.7 Å². The average molecular weight is 402 g/mol. The van der Waals surface area contributed by atoms with Crippen LogP contribution < -0.4 is 9.64 Å². The Morgan fingerprint density at radius 3 is 2.57 bits per heavy atom. The van der Waals surface area contributed by atoms with Crippen LogP contribution in [-0.4, -0.2) is 37.4 Å². The molecule has 0 saturated carbocycles. The lowest BCUT2D eigenvalue weighted by Crippen LogP contribution is -2.26. The van der Waals surface area contributed by atoms with Crippen molar-refractivity contribution in [1.82, 2.24) is 0 Å². The van der Waals surface area contributed by atoms with E-state index in [-0.39, 0.29) is 17.3 Å². The molecule has 0 N–H and O–H groups in total. The number of hydrogen-bond donors (Lipinski definition) is 0. The second-order valence-corrected chi connectivity index (χ2v) is 6.96. The summed E-state index contributed by atoms with van der Waals surface area (Å²) in [6, 6.07) is 9.75. The average Bonchev–Trinajstić information content (AvgIpc) is 3.10. The van der Waals surface area contributed by atoms with Crippen LogP contribution >= 0.6 is 11.6 Å². The molecule has 28 heavy (non-hydrogen) atoms. The summed E-state index contributed by atoms with van der Waals surface area (Å²) in [4.78, 5) is 38.5. The highest BCUT2D eigenvalue weighted by molar-refractivity contribution is 6.31. The molecule has 1 heterocycles. The van der Waals surface area contributed by atoms with Crippen LogP contribution in [0, 0.1) is 0 Å². The second kappa shape index (κ2) is 8.02. The summed E-state index contributed by atoms with van der Waals surface area (Å²) >= 11 is 5.94. The number of Topliss-reactive ketones (excluding diaryl/α,β-unsaturated/α-hetero) is 1. The third-order valence-corrected chi connectivity index (χ3v) is 4.91. The number of carbonyl (C=O) groups is 3. The van der Waals surface area contributed by atoms with Gasteiger partial charge in [-0.2, -0.15) is 0 Å². The summed E-state index contributed by atoms with van der Waals surface area (Å²) in [5, 5.41) is 0.361. The van der Waals surface area contributed by atoms with Gasteiger partial charge in [-0.15, -0.1) is 0 Å². The van der Waals surface area contributed by atoms with Crippen LogP contribution in [0.25, 0.3) is 0 Å². The minimum absolute atomic E-state index is 0.0319. The molecule has 0 fully saturated rings. The van der Waals surface area contributed by atoms with Gasteiger partial charge in [-0.05, 0) is 55.3 Å². The molecule has 6 nitrogen and oxygen atoms in total. The molecule has 2 aromatic carbocycles. The Hall–Kier alpha value is -2.86. The Morgan fingerprint density at radius 1 is 1.14 bits per heavy atom. The predicted octanol–water partition coefficient (Wildman–Crippen LogP) is 3.69. The van der Waals surface area contributed by atoms with Crippen molar-refractivity contribution in [2.45, 2.75) is 26.4 Å². The monoisotopic (exact) mass is 401 g/mol. The van der Waals surface area contributed by atoms with E-state index in [0.29, 0.717) is 29.3 Å². The van der Waals surface area contributed by atoms with Crippen LogP contribution in [0.15, 0.2) is 36.4 Å². The summed E-state index contributed by atoms with van der Waals surface area (Å²) in [6.07, 6.45) is -0.302. The molecular formula is C21H20ClNO5. The Kier molecular flexibility index (Phi) is 5.70. The Morgan fingerprint density at radius 2 is 1.89 bits per heavy atom. The number of ketones is 1. The van der Waals surface area contributed by atoms with Crippen molar-refractivity contribution < 1.29 is 23.9 Å².